The topological polar surface area (TPSA) is 42.3 Å². The van der Waals surface area contributed by atoms with Crippen LogP contribution in [0.3, 0.4) is 0 Å². The van der Waals surface area contributed by atoms with Gasteiger partial charge < -0.3 is 19.5 Å². The number of aromatic nitrogens is 2. The molecule has 5 nitrogen and oxygen atoms in total. The molecule has 2 atom stereocenters. The second-order valence-corrected chi connectivity index (χ2v) is 9.54. The van der Waals surface area contributed by atoms with Crippen molar-refractivity contribution >= 4 is 23.0 Å². The van der Waals surface area contributed by atoms with Gasteiger partial charge in [0.15, 0.2) is 5.11 Å². The molecule has 1 N–H and O–H groups in total. The summed E-state index contributed by atoms with van der Waals surface area (Å²) < 4.78 is 8.44. The Morgan fingerprint density at radius 1 is 0.829 bits per heavy atom. The highest BCUT2D eigenvalue weighted by molar-refractivity contribution is 7.80. The van der Waals surface area contributed by atoms with Gasteiger partial charge in [0.1, 0.15) is 11.8 Å². The second kappa shape index (κ2) is 9.55. The Morgan fingerprint density at radius 2 is 1.60 bits per heavy atom. The van der Waals surface area contributed by atoms with Gasteiger partial charge >= 0.3 is 0 Å². The van der Waals surface area contributed by atoms with Crippen molar-refractivity contribution in [3.63, 3.8) is 0 Å². The molecule has 1 aliphatic heterocycles. The first-order chi connectivity index (χ1) is 17.3. The van der Waals surface area contributed by atoms with Crippen LogP contribution in [-0.2, 0) is 0 Å². The number of nitrogens with zero attached hydrogens (tertiary/aromatic N) is 3. The Kier molecular flexibility index (Phi) is 5.96. The SMILES string of the molecule is S=C1NC(c2ccccn2)C(c2cccn2-c2ccccc2)N1c1ccc(OC2CCCC2)cc1. The third-order valence-electron chi connectivity index (χ3n) is 6.94. The fourth-order valence-corrected chi connectivity index (χ4v) is 5.62. The van der Waals surface area contributed by atoms with Crippen molar-refractivity contribution in [1.82, 2.24) is 14.9 Å². The van der Waals surface area contributed by atoms with Crippen molar-refractivity contribution in [3.05, 3.63) is 109 Å². The van der Waals surface area contributed by atoms with E-state index in [0.717, 1.165) is 41.4 Å². The highest BCUT2D eigenvalue weighted by Crippen LogP contribution is 2.42. The Bertz CT molecular complexity index is 1280. The molecule has 2 aliphatic rings. The quantitative estimate of drug-likeness (QED) is 0.325. The number of benzene rings is 2. The standard InChI is InChI=1S/C29H28N4OS/c35-29-31-27(25-13-6-7-19-30-25)28(26-14-8-20-32(26)21-9-2-1-3-10-21)33(29)22-15-17-24(18-16-22)34-23-11-4-5-12-23/h1-3,6-10,13-20,23,27-28H,4-5,11-12H2,(H,31,35). The van der Waals surface area contributed by atoms with E-state index in [1.54, 1.807) is 0 Å². The van der Waals surface area contributed by atoms with Crippen LogP contribution < -0.4 is 15.0 Å². The first-order valence-electron chi connectivity index (χ1n) is 12.3. The Labute approximate surface area is 211 Å². The second-order valence-electron chi connectivity index (χ2n) is 9.15. The number of hydrogen-bond donors (Lipinski definition) is 1. The van der Waals surface area contributed by atoms with Gasteiger partial charge in [0.25, 0.3) is 0 Å². The summed E-state index contributed by atoms with van der Waals surface area (Å²) in [6.07, 6.45) is 9.09. The zero-order valence-corrected chi connectivity index (χ0v) is 20.3. The third kappa shape index (κ3) is 4.30. The van der Waals surface area contributed by atoms with Crippen LogP contribution in [-0.4, -0.2) is 20.8 Å². The smallest absolute Gasteiger partial charge is 0.174 e. The molecule has 4 aromatic rings. The molecular formula is C29H28N4OS. The molecule has 0 amide bonds. The van der Waals surface area contributed by atoms with Crippen LogP contribution in [0.2, 0.25) is 0 Å². The maximum atomic E-state index is 6.21. The van der Waals surface area contributed by atoms with E-state index < -0.39 is 0 Å². The van der Waals surface area contributed by atoms with Crippen molar-refractivity contribution in [2.45, 2.75) is 43.9 Å². The monoisotopic (exact) mass is 480 g/mol. The number of ether oxygens (including phenoxy) is 1. The molecule has 3 heterocycles. The summed E-state index contributed by atoms with van der Waals surface area (Å²) in [6.45, 7) is 0. The van der Waals surface area contributed by atoms with Crippen molar-refractivity contribution in [2.24, 2.45) is 0 Å². The number of nitrogens with one attached hydrogen (secondary N) is 1. The molecule has 2 fully saturated rings. The van der Waals surface area contributed by atoms with E-state index in [1.165, 1.54) is 12.8 Å². The summed E-state index contributed by atoms with van der Waals surface area (Å²) >= 11 is 5.91. The molecule has 1 saturated heterocycles. The minimum atomic E-state index is -0.0875. The van der Waals surface area contributed by atoms with Crippen LogP contribution in [0.1, 0.15) is 49.2 Å². The summed E-state index contributed by atoms with van der Waals surface area (Å²) in [5.74, 6) is 0.921. The van der Waals surface area contributed by atoms with Crippen LogP contribution in [0, 0.1) is 0 Å². The van der Waals surface area contributed by atoms with Crippen LogP contribution in [0.25, 0.3) is 5.69 Å². The van der Waals surface area contributed by atoms with Gasteiger partial charge in [0.2, 0.25) is 0 Å². The molecule has 2 aromatic carbocycles. The summed E-state index contributed by atoms with van der Waals surface area (Å²) in [6, 6.07) is 28.9. The Morgan fingerprint density at radius 3 is 2.34 bits per heavy atom. The molecule has 0 radical (unpaired) electrons. The van der Waals surface area contributed by atoms with E-state index in [0.29, 0.717) is 11.2 Å². The molecule has 1 saturated carbocycles. The molecule has 0 spiro atoms. The van der Waals surface area contributed by atoms with Gasteiger partial charge in [0, 0.05) is 29.5 Å². The number of rotatable bonds is 6. The molecule has 176 valence electrons. The van der Waals surface area contributed by atoms with Gasteiger partial charge in [-0.05, 0) is 98.6 Å². The van der Waals surface area contributed by atoms with E-state index in [9.17, 15) is 0 Å². The lowest BCUT2D eigenvalue weighted by molar-refractivity contribution is 0.210. The largest absolute Gasteiger partial charge is 0.490 e. The van der Waals surface area contributed by atoms with Crippen LogP contribution >= 0.6 is 12.2 Å². The lowest BCUT2D eigenvalue weighted by Crippen LogP contribution is -2.30. The van der Waals surface area contributed by atoms with Crippen molar-refractivity contribution in [2.75, 3.05) is 4.90 Å². The predicted octanol–water partition coefficient (Wildman–Crippen LogP) is 6.37. The maximum Gasteiger partial charge on any atom is 0.174 e. The van der Waals surface area contributed by atoms with Gasteiger partial charge in [0.05, 0.1) is 17.8 Å². The average Bonchev–Trinajstić information content (AvgIpc) is 3.66. The first kappa shape index (κ1) is 21.9. The molecule has 6 heteroatoms. The minimum Gasteiger partial charge on any atom is -0.490 e. The number of anilines is 1. The summed E-state index contributed by atoms with van der Waals surface area (Å²) in [5.41, 5.74) is 4.26. The molecule has 35 heavy (non-hydrogen) atoms. The van der Waals surface area contributed by atoms with Gasteiger partial charge in [-0.25, -0.2) is 0 Å². The molecule has 2 unspecified atom stereocenters. The molecule has 6 rings (SSSR count). The third-order valence-corrected chi connectivity index (χ3v) is 7.25. The Balaban J connectivity index is 1.39. The van der Waals surface area contributed by atoms with E-state index in [1.807, 2.05) is 24.4 Å². The molecule has 0 bridgehead atoms. The van der Waals surface area contributed by atoms with Crippen molar-refractivity contribution in [1.29, 1.82) is 0 Å². The lowest BCUT2D eigenvalue weighted by atomic mass is 10.0. The fraction of sp³-hybridized carbons (Fsp3) is 0.241. The summed E-state index contributed by atoms with van der Waals surface area (Å²) in [7, 11) is 0. The normalized spacial score (nSPS) is 20.2. The van der Waals surface area contributed by atoms with Gasteiger partial charge in [-0.3, -0.25) is 4.98 Å². The van der Waals surface area contributed by atoms with E-state index in [-0.39, 0.29) is 12.1 Å². The summed E-state index contributed by atoms with van der Waals surface area (Å²) in [5, 5.41) is 4.25. The van der Waals surface area contributed by atoms with Gasteiger partial charge in [-0.1, -0.05) is 24.3 Å². The van der Waals surface area contributed by atoms with E-state index in [2.05, 4.69) is 92.7 Å². The predicted molar refractivity (Wildman–Crippen MR) is 143 cm³/mol. The Hall–Kier alpha value is -3.64. The van der Waals surface area contributed by atoms with E-state index >= 15 is 0 Å². The highest BCUT2D eigenvalue weighted by Gasteiger charge is 2.42. The number of para-hydroxylation sites is 1. The average molecular weight is 481 g/mol. The van der Waals surface area contributed by atoms with E-state index in [4.69, 9.17) is 17.0 Å². The highest BCUT2D eigenvalue weighted by atomic mass is 32.1. The maximum absolute atomic E-state index is 6.21. The molecular weight excluding hydrogens is 452 g/mol. The first-order valence-corrected chi connectivity index (χ1v) is 12.7. The number of thiocarbonyl (C=S) groups is 1. The lowest BCUT2D eigenvalue weighted by Gasteiger charge is -2.29. The van der Waals surface area contributed by atoms with Crippen LogP contribution in [0.4, 0.5) is 5.69 Å². The zero-order valence-electron chi connectivity index (χ0n) is 19.5. The van der Waals surface area contributed by atoms with Crippen LogP contribution in [0.5, 0.6) is 5.75 Å². The van der Waals surface area contributed by atoms with Crippen molar-refractivity contribution in [3.8, 4) is 11.4 Å². The zero-order chi connectivity index (χ0) is 23.6. The number of pyridine rings is 1. The minimum absolute atomic E-state index is 0.0748. The summed E-state index contributed by atoms with van der Waals surface area (Å²) in [4.78, 5) is 6.89. The molecule has 1 aliphatic carbocycles. The van der Waals surface area contributed by atoms with Gasteiger partial charge in [-0.15, -0.1) is 0 Å². The molecule has 2 aromatic heterocycles. The number of hydrogen-bond acceptors (Lipinski definition) is 3. The fourth-order valence-electron chi connectivity index (χ4n) is 5.28. The van der Waals surface area contributed by atoms with Crippen LogP contribution in [0.15, 0.2) is 97.3 Å². The van der Waals surface area contributed by atoms with Gasteiger partial charge in [-0.2, -0.15) is 0 Å². The van der Waals surface area contributed by atoms with Crippen molar-refractivity contribution < 1.29 is 4.74 Å².